The van der Waals surface area contributed by atoms with E-state index in [4.69, 9.17) is 5.73 Å². The molecule has 0 fully saturated rings. The van der Waals surface area contributed by atoms with Crippen LogP contribution in [0.3, 0.4) is 0 Å². The number of aromatic nitrogens is 4. The second-order valence-corrected chi connectivity index (χ2v) is 7.27. The van der Waals surface area contributed by atoms with Crippen LogP contribution in [-0.2, 0) is 13.2 Å². The van der Waals surface area contributed by atoms with Crippen molar-refractivity contribution >= 4 is 40.1 Å². The summed E-state index contributed by atoms with van der Waals surface area (Å²) in [5, 5.41) is 10.6. The van der Waals surface area contributed by atoms with Crippen LogP contribution < -0.4 is 16.4 Å². The number of rotatable bonds is 4. The second kappa shape index (κ2) is 8.04. The van der Waals surface area contributed by atoms with E-state index in [0.29, 0.717) is 34.7 Å². The van der Waals surface area contributed by atoms with Crippen molar-refractivity contribution in [1.29, 1.82) is 0 Å². The number of hydrogen-bond acceptors (Lipinski definition) is 6. The summed E-state index contributed by atoms with van der Waals surface area (Å²) in [6.07, 6.45) is -3.26. The van der Waals surface area contributed by atoms with Crippen LogP contribution in [0.15, 0.2) is 42.6 Å². The first-order chi connectivity index (χ1) is 15.5. The number of halogens is 4. The molecule has 0 unspecified atom stereocenters. The number of nitrogen functional groups attached to an aromatic ring is 1. The molecule has 33 heavy (non-hydrogen) atoms. The number of amides is 1. The molecule has 4 rings (SSSR count). The van der Waals surface area contributed by atoms with Crippen molar-refractivity contribution < 1.29 is 22.4 Å². The van der Waals surface area contributed by atoms with Crippen molar-refractivity contribution in [3.63, 3.8) is 0 Å². The molecule has 2 aromatic carbocycles. The SMILES string of the molecule is Cc1ccc(NC(=O)c2cc(F)cc(C(F)(F)F)c2)cc1Nc1nn(C)c2nc(N)ncc12. The molecule has 0 saturated heterocycles. The van der Waals surface area contributed by atoms with Gasteiger partial charge in [-0.1, -0.05) is 6.07 Å². The molecule has 0 bridgehead atoms. The largest absolute Gasteiger partial charge is 0.416 e. The Morgan fingerprint density at radius 2 is 1.91 bits per heavy atom. The van der Waals surface area contributed by atoms with Gasteiger partial charge in [-0.3, -0.25) is 4.79 Å². The van der Waals surface area contributed by atoms with E-state index in [1.54, 1.807) is 25.2 Å². The summed E-state index contributed by atoms with van der Waals surface area (Å²) >= 11 is 0. The monoisotopic (exact) mass is 459 g/mol. The van der Waals surface area contributed by atoms with Crippen molar-refractivity contribution in [2.24, 2.45) is 7.05 Å². The van der Waals surface area contributed by atoms with Gasteiger partial charge in [0.1, 0.15) is 5.82 Å². The average molecular weight is 459 g/mol. The Bertz CT molecular complexity index is 1380. The number of alkyl halides is 3. The van der Waals surface area contributed by atoms with Gasteiger partial charge in [-0.25, -0.2) is 14.1 Å². The number of nitrogens with zero attached hydrogens (tertiary/aromatic N) is 4. The molecule has 0 spiro atoms. The summed E-state index contributed by atoms with van der Waals surface area (Å²) in [6, 6.07) is 6.52. The highest BCUT2D eigenvalue weighted by atomic mass is 19.4. The van der Waals surface area contributed by atoms with Gasteiger partial charge in [0.25, 0.3) is 5.91 Å². The molecular formula is C21H17F4N7O. The fraction of sp³-hybridized carbons (Fsp3) is 0.143. The molecule has 0 atom stereocenters. The van der Waals surface area contributed by atoms with Gasteiger partial charge in [0.15, 0.2) is 11.5 Å². The molecule has 0 aliphatic heterocycles. The number of nitrogens with one attached hydrogen (secondary N) is 2. The Balaban J connectivity index is 1.61. The molecule has 4 N–H and O–H groups in total. The number of carbonyl (C=O) groups excluding carboxylic acids is 1. The minimum absolute atomic E-state index is 0.101. The smallest absolute Gasteiger partial charge is 0.368 e. The molecule has 12 heteroatoms. The van der Waals surface area contributed by atoms with Gasteiger partial charge >= 0.3 is 6.18 Å². The number of carbonyl (C=O) groups is 1. The molecule has 170 valence electrons. The third kappa shape index (κ3) is 4.54. The predicted octanol–water partition coefficient (Wildman–Crippen LogP) is 4.41. The predicted molar refractivity (Wildman–Crippen MR) is 115 cm³/mol. The lowest BCUT2D eigenvalue weighted by Crippen LogP contribution is -2.15. The summed E-state index contributed by atoms with van der Waals surface area (Å²) in [5.74, 6) is -1.50. The number of benzene rings is 2. The lowest BCUT2D eigenvalue weighted by Gasteiger charge is -2.12. The first-order valence-electron chi connectivity index (χ1n) is 9.53. The third-order valence-corrected chi connectivity index (χ3v) is 4.83. The molecule has 0 aliphatic carbocycles. The molecular weight excluding hydrogens is 442 g/mol. The lowest BCUT2D eigenvalue weighted by atomic mass is 10.1. The minimum Gasteiger partial charge on any atom is -0.368 e. The Hall–Kier alpha value is -4.22. The molecule has 4 aromatic rings. The molecule has 0 radical (unpaired) electrons. The Morgan fingerprint density at radius 3 is 2.64 bits per heavy atom. The van der Waals surface area contributed by atoms with Crippen LogP contribution in [0.25, 0.3) is 11.0 Å². The molecule has 0 saturated carbocycles. The van der Waals surface area contributed by atoms with Gasteiger partial charge in [-0.05, 0) is 42.8 Å². The van der Waals surface area contributed by atoms with Gasteiger partial charge in [0.05, 0.1) is 10.9 Å². The molecule has 8 nitrogen and oxygen atoms in total. The van der Waals surface area contributed by atoms with Gasteiger partial charge in [-0.15, -0.1) is 0 Å². The van der Waals surface area contributed by atoms with E-state index < -0.39 is 29.0 Å². The first kappa shape index (κ1) is 22.0. The molecule has 2 heterocycles. The topological polar surface area (TPSA) is 111 Å². The second-order valence-electron chi connectivity index (χ2n) is 7.27. The quantitative estimate of drug-likeness (QED) is 0.390. The van der Waals surface area contributed by atoms with Crippen LogP contribution >= 0.6 is 0 Å². The molecule has 2 aromatic heterocycles. The van der Waals surface area contributed by atoms with E-state index in [-0.39, 0.29) is 11.6 Å². The van der Waals surface area contributed by atoms with Crippen LogP contribution in [0.2, 0.25) is 0 Å². The van der Waals surface area contributed by atoms with Crippen LogP contribution in [0, 0.1) is 12.7 Å². The standard InChI is InChI=1S/C21H17F4N7O/c1-10-3-4-14(28-19(33)11-5-12(21(23,24)25)7-13(22)6-11)8-16(10)29-17-15-9-27-20(26)30-18(15)32(2)31-17/h3-9H,1-2H3,(H,28,33)(H,29,31)(H2,26,27,30). The van der Waals surface area contributed by atoms with Crippen LogP contribution in [0.4, 0.5) is 40.7 Å². The highest BCUT2D eigenvalue weighted by Crippen LogP contribution is 2.31. The normalized spacial score (nSPS) is 11.6. The zero-order chi connectivity index (χ0) is 23.9. The van der Waals surface area contributed by atoms with Crippen molar-refractivity contribution in [3.05, 3.63) is 65.1 Å². The summed E-state index contributed by atoms with van der Waals surface area (Å²) in [6.45, 7) is 1.82. The van der Waals surface area contributed by atoms with Crippen LogP contribution in [0.1, 0.15) is 21.5 Å². The number of anilines is 4. The summed E-state index contributed by atoms with van der Waals surface area (Å²) in [7, 11) is 1.69. The van der Waals surface area contributed by atoms with E-state index in [2.05, 4.69) is 25.7 Å². The summed E-state index contributed by atoms with van der Waals surface area (Å²) in [4.78, 5) is 20.6. The van der Waals surface area contributed by atoms with E-state index in [1.165, 1.54) is 10.9 Å². The first-order valence-corrected chi connectivity index (χ1v) is 9.53. The van der Waals surface area contributed by atoms with Gasteiger partial charge < -0.3 is 16.4 Å². The van der Waals surface area contributed by atoms with Crippen LogP contribution in [-0.4, -0.2) is 25.7 Å². The van der Waals surface area contributed by atoms with E-state index >= 15 is 0 Å². The van der Waals surface area contributed by atoms with Crippen molar-refractivity contribution in [2.75, 3.05) is 16.4 Å². The van der Waals surface area contributed by atoms with Crippen molar-refractivity contribution in [2.45, 2.75) is 13.1 Å². The number of fused-ring (bicyclic) bond motifs is 1. The number of hydrogen-bond donors (Lipinski definition) is 3. The minimum atomic E-state index is -4.78. The Morgan fingerprint density at radius 1 is 1.15 bits per heavy atom. The van der Waals surface area contributed by atoms with Crippen LogP contribution in [0.5, 0.6) is 0 Å². The van der Waals surface area contributed by atoms with E-state index in [0.717, 1.165) is 11.6 Å². The maximum Gasteiger partial charge on any atom is 0.416 e. The summed E-state index contributed by atoms with van der Waals surface area (Å²) < 4.78 is 54.0. The maximum atomic E-state index is 13.7. The molecule has 0 aliphatic rings. The highest BCUT2D eigenvalue weighted by Gasteiger charge is 2.32. The highest BCUT2D eigenvalue weighted by molar-refractivity contribution is 6.04. The Labute approximate surface area is 184 Å². The average Bonchev–Trinajstić information content (AvgIpc) is 3.04. The van der Waals surface area contributed by atoms with Gasteiger partial charge in [0, 0.05) is 30.2 Å². The zero-order valence-electron chi connectivity index (χ0n) is 17.3. The van der Waals surface area contributed by atoms with E-state index in [9.17, 15) is 22.4 Å². The zero-order valence-corrected chi connectivity index (χ0v) is 17.3. The van der Waals surface area contributed by atoms with Gasteiger partial charge in [-0.2, -0.15) is 23.3 Å². The number of aryl methyl sites for hydroxylation is 2. The van der Waals surface area contributed by atoms with Crippen molar-refractivity contribution in [1.82, 2.24) is 19.7 Å². The fourth-order valence-electron chi connectivity index (χ4n) is 3.19. The summed E-state index contributed by atoms with van der Waals surface area (Å²) in [5.41, 5.74) is 6.09. The van der Waals surface area contributed by atoms with E-state index in [1.807, 2.05) is 6.92 Å². The van der Waals surface area contributed by atoms with Crippen molar-refractivity contribution in [3.8, 4) is 0 Å². The van der Waals surface area contributed by atoms with Gasteiger partial charge in [0.2, 0.25) is 5.95 Å². The fourth-order valence-corrected chi connectivity index (χ4v) is 3.19. The lowest BCUT2D eigenvalue weighted by molar-refractivity contribution is -0.137. The Kier molecular flexibility index (Phi) is 5.36. The third-order valence-electron chi connectivity index (χ3n) is 4.83. The molecule has 1 amide bonds. The number of nitrogens with two attached hydrogens (primary N) is 1. The maximum absolute atomic E-state index is 13.7.